The summed E-state index contributed by atoms with van der Waals surface area (Å²) in [6.45, 7) is 6.48. The maximum atomic E-state index is 12.5. The molecule has 1 aromatic carbocycles. The Labute approximate surface area is 163 Å². The van der Waals surface area contributed by atoms with Crippen molar-refractivity contribution in [2.45, 2.75) is 26.2 Å². The molecule has 0 fully saturated rings. The maximum Gasteiger partial charge on any atom is 0.326 e. The molecule has 0 spiro atoms. The van der Waals surface area contributed by atoms with Crippen LogP contribution in [0.4, 0.5) is 16.2 Å². The monoisotopic (exact) mass is 381 g/mol. The number of benzene rings is 1. The second-order valence-corrected chi connectivity index (χ2v) is 8.13. The number of rotatable bonds is 4. The van der Waals surface area contributed by atoms with Gasteiger partial charge in [0.2, 0.25) is 0 Å². The molecule has 6 heteroatoms. The highest BCUT2D eigenvalue weighted by Gasteiger charge is 2.18. The summed E-state index contributed by atoms with van der Waals surface area (Å²) in [4.78, 5) is 19.3. The first-order valence-electron chi connectivity index (χ1n) is 8.64. The number of thiophene rings is 1. The van der Waals surface area contributed by atoms with Gasteiger partial charge in [0.1, 0.15) is 11.5 Å². The molecule has 5 nitrogen and oxygen atoms in total. The number of ether oxygens (including phenoxy) is 1. The van der Waals surface area contributed by atoms with E-state index in [1.165, 1.54) is 4.88 Å². The van der Waals surface area contributed by atoms with Crippen molar-refractivity contribution in [1.82, 2.24) is 4.98 Å². The minimum atomic E-state index is -0.184. The Morgan fingerprint density at radius 1 is 1.07 bits per heavy atom. The summed E-state index contributed by atoms with van der Waals surface area (Å²) in [5.74, 6) is 1.42. The van der Waals surface area contributed by atoms with Gasteiger partial charge in [-0.1, -0.05) is 20.8 Å². The molecular formula is C21H23N3O2S. The van der Waals surface area contributed by atoms with Gasteiger partial charge < -0.3 is 10.1 Å². The summed E-state index contributed by atoms with van der Waals surface area (Å²) in [7, 11) is 1.74. The topological polar surface area (TPSA) is 54.5 Å². The van der Waals surface area contributed by atoms with Gasteiger partial charge >= 0.3 is 6.03 Å². The van der Waals surface area contributed by atoms with Crippen LogP contribution in [0.3, 0.4) is 0 Å². The zero-order chi connectivity index (χ0) is 19.4. The van der Waals surface area contributed by atoms with E-state index in [2.05, 4.69) is 31.1 Å². The van der Waals surface area contributed by atoms with Crippen molar-refractivity contribution in [2.24, 2.45) is 0 Å². The quantitative estimate of drug-likeness (QED) is 0.612. The third-order valence-corrected chi connectivity index (χ3v) is 5.36. The molecule has 3 aromatic rings. The Morgan fingerprint density at radius 3 is 2.30 bits per heavy atom. The summed E-state index contributed by atoms with van der Waals surface area (Å²) in [5.41, 5.74) is 1.67. The minimum absolute atomic E-state index is 0.0736. The fourth-order valence-electron chi connectivity index (χ4n) is 2.40. The van der Waals surface area contributed by atoms with E-state index in [4.69, 9.17) is 4.74 Å². The van der Waals surface area contributed by atoms with Crippen LogP contribution in [0.2, 0.25) is 0 Å². The molecular weight excluding hydrogens is 358 g/mol. The number of urea groups is 1. The number of pyridine rings is 1. The first-order chi connectivity index (χ1) is 12.8. The van der Waals surface area contributed by atoms with Crippen LogP contribution in [0.1, 0.15) is 25.6 Å². The predicted octanol–water partition coefficient (Wildman–Crippen LogP) is 5.90. The van der Waals surface area contributed by atoms with Crippen LogP contribution < -0.4 is 15.0 Å². The lowest BCUT2D eigenvalue weighted by atomic mass is 9.95. The molecule has 0 saturated heterocycles. The first kappa shape index (κ1) is 18.9. The summed E-state index contributed by atoms with van der Waals surface area (Å²) < 4.78 is 5.75. The largest absolute Gasteiger partial charge is 0.457 e. The summed E-state index contributed by atoms with van der Waals surface area (Å²) in [5, 5.41) is 4.92. The second kappa shape index (κ2) is 7.80. The standard InChI is InChI=1S/C21H23N3O2S/c1-21(2,3)19-13-15(14-27-19)23-20(25)24(4)16-5-7-17(8-6-16)26-18-9-11-22-12-10-18/h5-14H,1-4H3,(H,23,25). The van der Waals surface area contributed by atoms with Crippen molar-refractivity contribution < 1.29 is 9.53 Å². The van der Waals surface area contributed by atoms with E-state index in [9.17, 15) is 4.79 Å². The van der Waals surface area contributed by atoms with Gasteiger partial charge in [-0.25, -0.2) is 4.79 Å². The molecule has 0 bridgehead atoms. The van der Waals surface area contributed by atoms with Crippen LogP contribution in [0.15, 0.2) is 60.2 Å². The maximum absolute atomic E-state index is 12.5. The number of hydrogen-bond acceptors (Lipinski definition) is 4. The molecule has 0 aliphatic heterocycles. The molecule has 0 saturated carbocycles. The highest BCUT2D eigenvalue weighted by Crippen LogP contribution is 2.31. The molecule has 1 N–H and O–H groups in total. The minimum Gasteiger partial charge on any atom is -0.457 e. The Hall–Kier alpha value is -2.86. The third kappa shape index (κ3) is 4.86. The second-order valence-electron chi connectivity index (χ2n) is 7.22. The lowest BCUT2D eigenvalue weighted by molar-refractivity contribution is 0.258. The van der Waals surface area contributed by atoms with Crippen molar-refractivity contribution in [3.8, 4) is 11.5 Å². The van der Waals surface area contributed by atoms with E-state index in [0.717, 1.165) is 17.1 Å². The van der Waals surface area contributed by atoms with Gasteiger partial charge in [-0.2, -0.15) is 0 Å². The summed E-state index contributed by atoms with van der Waals surface area (Å²) in [6, 6.07) is 12.8. The molecule has 2 heterocycles. The van der Waals surface area contributed by atoms with E-state index in [0.29, 0.717) is 5.75 Å². The van der Waals surface area contributed by atoms with Crippen LogP contribution in [-0.2, 0) is 5.41 Å². The van der Waals surface area contributed by atoms with E-state index < -0.39 is 0 Å². The molecule has 2 amide bonds. The van der Waals surface area contributed by atoms with Gasteiger partial charge in [0.25, 0.3) is 0 Å². The van der Waals surface area contributed by atoms with Gasteiger partial charge in [-0.3, -0.25) is 9.88 Å². The smallest absolute Gasteiger partial charge is 0.326 e. The average molecular weight is 382 g/mol. The molecule has 27 heavy (non-hydrogen) atoms. The number of hydrogen-bond donors (Lipinski definition) is 1. The van der Waals surface area contributed by atoms with Crippen LogP contribution >= 0.6 is 11.3 Å². The molecule has 0 aliphatic rings. The number of nitrogens with zero attached hydrogens (tertiary/aromatic N) is 2. The SMILES string of the molecule is CN(C(=O)Nc1csc(C(C)(C)C)c1)c1ccc(Oc2ccncc2)cc1. The van der Waals surface area contributed by atoms with Crippen molar-refractivity contribution in [2.75, 3.05) is 17.3 Å². The number of carbonyl (C=O) groups excluding carboxylic acids is 1. The lowest BCUT2D eigenvalue weighted by Gasteiger charge is -2.18. The highest BCUT2D eigenvalue weighted by molar-refractivity contribution is 7.10. The van der Waals surface area contributed by atoms with Gasteiger partial charge in [-0.05, 0) is 47.9 Å². The summed E-state index contributed by atoms with van der Waals surface area (Å²) >= 11 is 1.65. The number of anilines is 2. The van der Waals surface area contributed by atoms with E-state index in [1.54, 1.807) is 47.8 Å². The molecule has 0 aliphatic carbocycles. The highest BCUT2D eigenvalue weighted by atomic mass is 32.1. The summed E-state index contributed by atoms with van der Waals surface area (Å²) in [6.07, 6.45) is 3.36. The normalized spacial score (nSPS) is 11.1. The fraction of sp³-hybridized carbons (Fsp3) is 0.238. The number of amides is 2. The fourth-order valence-corrected chi connectivity index (χ4v) is 3.33. The Balaban J connectivity index is 1.63. The van der Waals surface area contributed by atoms with E-state index >= 15 is 0 Å². The van der Waals surface area contributed by atoms with Crippen LogP contribution in [-0.4, -0.2) is 18.1 Å². The molecule has 0 unspecified atom stereocenters. The van der Waals surface area contributed by atoms with Crippen molar-refractivity contribution in [3.05, 3.63) is 65.1 Å². The van der Waals surface area contributed by atoms with Crippen LogP contribution in [0.5, 0.6) is 11.5 Å². The van der Waals surface area contributed by atoms with Crippen molar-refractivity contribution in [3.63, 3.8) is 0 Å². The lowest BCUT2D eigenvalue weighted by Crippen LogP contribution is -2.30. The zero-order valence-corrected chi connectivity index (χ0v) is 16.7. The average Bonchev–Trinajstić information content (AvgIpc) is 3.11. The molecule has 0 atom stereocenters. The molecule has 3 rings (SSSR count). The van der Waals surface area contributed by atoms with Gasteiger partial charge in [-0.15, -0.1) is 11.3 Å². The van der Waals surface area contributed by atoms with Crippen molar-refractivity contribution >= 4 is 28.7 Å². The van der Waals surface area contributed by atoms with Gasteiger partial charge in [0.05, 0.1) is 5.69 Å². The molecule has 0 radical (unpaired) electrons. The van der Waals surface area contributed by atoms with Gasteiger partial charge in [0.15, 0.2) is 0 Å². The van der Waals surface area contributed by atoms with E-state index in [-0.39, 0.29) is 11.4 Å². The Bertz CT molecular complexity index is 899. The van der Waals surface area contributed by atoms with Gasteiger partial charge in [0, 0.05) is 35.4 Å². The number of aromatic nitrogens is 1. The van der Waals surface area contributed by atoms with Crippen LogP contribution in [0, 0.1) is 0 Å². The molecule has 2 aromatic heterocycles. The Kier molecular flexibility index (Phi) is 5.46. The third-order valence-electron chi connectivity index (χ3n) is 4.00. The first-order valence-corrected chi connectivity index (χ1v) is 9.52. The van der Waals surface area contributed by atoms with Crippen LogP contribution in [0.25, 0.3) is 0 Å². The number of carbonyl (C=O) groups is 1. The zero-order valence-electron chi connectivity index (χ0n) is 15.9. The number of nitrogens with one attached hydrogen (secondary N) is 1. The Morgan fingerprint density at radius 2 is 1.70 bits per heavy atom. The molecule has 140 valence electrons. The van der Waals surface area contributed by atoms with Crippen molar-refractivity contribution in [1.29, 1.82) is 0 Å². The van der Waals surface area contributed by atoms with E-state index in [1.807, 2.05) is 35.7 Å². The predicted molar refractivity (Wildman–Crippen MR) is 111 cm³/mol.